The van der Waals surface area contributed by atoms with E-state index in [1.165, 1.54) is 45.4 Å². The summed E-state index contributed by atoms with van der Waals surface area (Å²) in [6, 6.07) is 74.6. The second-order valence-electron chi connectivity index (χ2n) is 31.9. The molecule has 36 heteroatoms. The van der Waals surface area contributed by atoms with E-state index < -0.39 is 23.9 Å². The molecule has 33 nitrogen and oxygen atoms in total. The molecule has 7 heterocycles. The van der Waals surface area contributed by atoms with Crippen LogP contribution in [0.4, 0.5) is 66.4 Å². The highest BCUT2D eigenvalue weighted by atomic mass is 19.4. The summed E-state index contributed by atoms with van der Waals surface area (Å²) in [5.74, 6) is -2.14. The first-order chi connectivity index (χ1) is 65.3. The third kappa shape index (κ3) is 24.9. The smallest absolute Gasteiger partial charge is 0.406 e. The van der Waals surface area contributed by atoms with E-state index in [2.05, 4.69) is 120 Å². The summed E-state index contributed by atoms with van der Waals surface area (Å²) in [5.41, 5.74) is 11.4. The van der Waals surface area contributed by atoms with Crippen LogP contribution in [0.5, 0.6) is 5.75 Å². The maximum Gasteiger partial charge on any atom is 0.573 e. The number of nitrogens with zero attached hydrogens (tertiary/aromatic N) is 15. The van der Waals surface area contributed by atoms with Crippen molar-refractivity contribution in [2.24, 2.45) is 11.8 Å². The lowest BCUT2D eigenvalue weighted by molar-refractivity contribution is -0.274. The Morgan fingerprint density at radius 1 is 0.356 bits per heavy atom. The first-order valence-electron chi connectivity index (χ1n) is 43.6. The lowest BCUT2D eigenvalue weighted by atomic mass is 9.96. The molecule has 3 fully saturated rings. The zero-order chi connectivity index (χ0) is 95.1. The zero-order valence-electron chi connectivity index (χ0n) is 74.6. The van der Waals surface area contributed by atoms with E-state index in [0.29, 0.717) is 58.7 Å². The quantitative estimate of drug-likeness (QED) is 0.0254. The molecule has 4 aromatic heterocycles. The van der Waals surface area contributed by atoms with Crippen LogP contribution in [0.15, 0.2) is 255 Å². The summed E-state index contributed by atoms with van der Waals surface area (Å²) in [6.45, 7) is 24.2. The number of amides is 8. The molecule has 3 saturated heterocycles. The van der Waals surface area contributed by atoms with Gasteiger partial charge in [-0.25, -0.2) is 6.57 Å². The molecule has 0 unspecified atom stereocenters. The normalized spacial score (nSPS) is 13.1. The van der Waals surface area contributed by atoms with Crippen LogP contribution in [0, 0.1) is 60.0 Å². The second kappa shape index (κ2) is 44.3. The van der Waals surface area contributed by atoms with Crippen LogP contribution in [-0.2, 0) is 9.59 Å². The van der Waals surface area contributed by atoms with Crippen molar-refractivity contribution < 1.29 is 56.3 Å². The molecule has 0 spiro atoms. The van der Waals surface area contributed by atoms with E-state index >= 15 is 0 Å². The number of para-hydroxylation sites is 2. The Balaban J connectivity index is 0.000000145. The van der Waals surface area contributed by atoms with Crippen LogP contribution in [0.3, 0.4) is 0 Å². The van der Waals surface area contributed by atoms with Gasteiger partial charge in [0.1, 0.15) is 5.75 Å². The van der Waals surface area contributed by atoms with Gasteiger partial charge in [0.05, 0.1) is 35.2 Å². The number of rotatable bonds is 24. The maximum atomic E-state index is 13.1. The third-order valence-corrected chi connectivity index (χ3v) is 22.4. The molecule has 0 saturated carbocycles. The van der Waals surface area contributed by atoms with E-state index in [1.54, 1.807) is 91.3 Å². The molecule has 17 rings (SSSR count). The molecular formula is C99H97F3N24O9. The highest BCUT2D eigenvalue weighted by Crippen LogP contribution is 2.31. The number of halogens is 3. The molecule has 0 bridgehead atoms. The topological polar surface area (TPSA) is 388 Å². The fraction of sp³-hybridized carbons (Fsp3) is 0.222. The molecule has 135 heavy (non-hydrogen) atoms. The number of carbonyl (C=O) groups is 8. The lowest BCUT2D eigenvalue weighted by Gasteiger charge is -2.29. The minimum absolute atomic E-state index is 0.0483. The average Bonchev–Trinajstić information content (AvgIpc) is 1.68. The van der Waals surface area contributed by atoms with Gasteiger partial charge in [-0.15, -0.1) is 33.6 Å². The van der Waals surface area contributed by atoms with Crippen LogP contribution in [0.1, 0.15) is 128 Å². The van der Waals surface area contributed by atoms with Crippen LogP contribution in [0.2, 0.25) is 0 Å². The van der Waals surface area contributed by atoms with Gasteiger partial charge in [-0.1, -0.05) is 146 Å². The number of hydrogen-bond donors (Lipinski definition) is 9. The number of ether oxygens (including phenoxy) is 1. The van der Waals surface area contributed by atoms with E-state index in [-0.39, 0.29) is 101 Å². The molecule has 0 atom stereocenters. The van der Waals surface area contributed by atoms with Crippen molar-refractivity contribution in [3.63, 3.8) is 0 Å². The van der Waals surface area contributed by atoms with Crippen molar-refractivity contribution in [1.82, 2.24) is 69.3 Å². The summed E-state index contributed by atoms with van der Waals surface area (Å²) in [7, 11) is 0. The van der Waals surface area contributed by atoms with Crippen molar-refractivity contribution in [3.05, 3.63) is 333 Å². The summed E-state index contributed by atoms with van der Waals surface area (Å²) < 4.78 is 47.2. The van der Waals surface area contributed by atoms with E-state index in [1.807, 2.05) is 173 Å². The Morgan fingerprint density at radius 2 is 0.637 bits per heavy atom. The molecule has 9 N–H and O–H groups in total. The minimum atomic E-state index is -4.84. The molecule has 3 aliphatic heterocycles. The summed E-state index contributed by atoms with van der Waals surface area (Å²) in [6.07, 6.45) is 0.275. The Hall–Kier alpha value is -16.7. The number of piperidine rings is 2. The van der Waals surface area contributed by atoms with Crippen molar-refractivity contribution >= 4 is 101 Å². The van der Waals surface area contributed by atoms with Crippen molar-refractivity contribution in [2.75, 3.05) is 99.8 Å². The van der Waals surface area contributed by atoms with Gasteiger partial charge in [0, 0.05) is 71.2 Å². The Kier molecular flexibility index (Phi) is 31.0. The standard InChI is InChI=1S/C29H30N6O2.C25H20F3N5O3.C25H27N7O2.C20H20N6O2/c1-20-10-4-6-12-24(20)26(36)30-28-32-29(31-27(37)25-13-7-5-11-21(25)2)35(33-28)23-16-14-22(15-17-23)34-18-8-3-9-19-34;1-15-7-3-5-9-19(15)21(34)29-23-31-24(30-22(35)20-10-6-4-8-16(20)2)33(32-23)17-11-13-18(14-12-17)36-25(26,27)28;1-18-8-6-7-11-21(18)23(34)28-25-29-24(30-32(25)20-9-4-3-5-10-20)27-22(33)19-12-15-31(16-13-19)17-14-26-2;1-13-7-5-6-10-16(13)18(28)23-20-24-19(22-17(27)14-11-21-12-14)25-26(20)15-8-3-2-4-9-15/h4-7,10-17H,3,8-9,18-19H2,1-2H3,(H2,30,31,32,33,36,37);3-14H,1-2H3,(H2,29,30,31,32,34,35);3-11,19H,12-17H2,1H3,(H2,27,28,29,30,33,34);2-10,14,21H,11-12H2,1H3,(H2,22,23,24,25,27,28). The first kappa shape index (κ1) is 94.4. The number of benzene rings is 10. The Bertz CT molecular complexity index is 6620. The number of hydrogen-bond acceptors (Lipinski definition) is 20. The number of carbonyl (C=O) groups excluding carboxylic acids is 8. The molecular weight excluding hydrogens is 1730 g/mol. The number of anilines is 9. The van der Waals surface area contributed by atoms with Gasteiger partial charge in [0.15, 0.2) is 0 Å². The SMILES string of the molecule is Cc1ccccc1C(=O)Nc1nc(NC(=O)C2CNC2)nn1-c1ccccc1.Cc1ccccc1C(=O)Nc1nc(NC(=O)c2ccccc2C)n(-c2ccc(N3CCCCC3)cc2)n1.Cc1ccccc1C(=O)Nc1nc(NC(=O)c2ccccc2C)n(-c2ccc(OC(F)(F)F)cc2)n1.[C-]#[N+]CCN1CCC(C(=O)Nc2nc(NC(=O)c3ccccc3C)n(-c3ccccc3)n2)CC1. The van der Waals surface area contributed by atoms with E-state index in [9.17, 15) is 51.5 Å². The summed E-state index contributed by atoms with van der Waals surface area (Å²) >= 11 is 0. The fourth-order valence-corrected chi connectivity index (χ4v) is 14.9. The fourth-order valence-electron chi connectivity index (χ4n) is 14.9. The highest BCUT2D eigenvalue weighted by Gasteiger charge is 2.33. The molecule has 3 aliphatic rings. The Labute approximate surface area is 775 Å². The highest BCUT2D eigenvalue weighted by molar-refractivity contribution is 6.09. The number of aryl methyl sites for hydroxylation is 6. The van der Waals surface area contributed by atoms with Gasteiger partial charge < -0.3 is 19.8 Å². The maximum absolute atomic E-state index is 13.1. The van der Waals surface area contributed by atoms with Crippen molar-refractivity contribution in [3.8, 4) is 28.5 Å². The lowest BCUT2D eigenvalue weighted by Crippen LogP contribution is -2.48. The number of aromatic nitrogens is 12. The third-order valence-electron chi connectivity index (χ3n) is 22.4. The van der Waals surface area contributed by atoms with Crippen LogP contribution in [-0.4, -0.2) is 170 Å². The van der Waals surface area contributed by atoms with Gasteiger partial charge in [-0.3, -0.25) is 85.8 Å². The zero-order valence-corrected chi connectivity index (χ0v) is 74.6. The molecule has 10 aromatic carbocycles. The molecule has 14 aromatic rings. The predicted octanol–water partition coefficient (Wildman–Crippen LogP) is 16.1. The second-order valence-corrected chi connectivity index (χ2v) is 31.9. The predicted molar refractivity (Wildman–Crippen MR) is 507 cm³/mol. The molecule has 8 amide bonds. The average molecular weight is 1820 g/mol. The summed E-state index contributed by atoms with van der Waals surface area (Å²) in [5, 5.41) is 42.7. The van der Waals surface area contributed by atoms with E-state index in [0.717, 1.165) is 108 Å². The minimum Gasteiger partial charge on any atom is -0.406 e. The number of alkyl halides is 3. The molecule has 0 radical (unpaired) electrons. The largest absolute Gasteiger partial charge is 0.573 e. The number of likely N-dealkylation sites (tertiary alicyclic amines) is 1. The summed E-state index contributed by atoms with van der Waals surface area (Å²) in [4.78, 5) is 128. The van der Waals surface area contributed by atoms with Crippen LogP contribution >= 0.6 is 0 Å². The monoisotopic (exact) mass is 1820 g/mol. The van der Waals surface area contributed by atoms with Crippen molar-refractivity contribution in [2.45, 2.75) is 80.0 Å². The molecule has 688 valence electrons. The van der Waals surface area contributed by atoms with Gasteiger partial charge in [-0.2, -0.15) is 38.7 Å². The first-order valence-corrected chi connectivity index (χ1v) is 43.6. The van der Waals surface area contributed by atoms with Crippen LogP contribution in [0.25, 0.3) is 27.6 Å². The van der Waals surface area contributed by atoms with Gasteiger partial charge in [-0.05, 0) is 229 Å². The molecule has 0 aliphatic carbocycles. The van der Waals surface area contributed by atoms with Gasteiger partial charge >= 0.3 is 6.36 Å². The Morgan fingerprint density at radius 3 is 0.941 bits per heavy atom. The number of nitrogens with one attached hydrogen (secondary N) is 9. The van der Waals surface area contributed by atoms with E-state index in [4.69, 9.17) is 6.57 Å². The van der Waals surface area contributed by atoms with Gasteiger partial charge in [0.2, 0.25) is 42.2 Å². The van der Waals surface area contributed by atoms with Crippen molar-refractivity contribution in [1.29, 1.82) is 0 Å². The van der Waals surface area contributed by atoms with Gasteiger partial charge in [0.25, 0.3) is 59.2 Å². The van der Waals surface area contributed by atoms with Crippen LogP contribution < -0.4 is 57.5 Å².